The van der Waals surface area contributed by atoms with Crippen molar-refractivity contribution in [2.75, 3.05) is 27.2 Å². The van der Waals surface area contributed by atoms with Crippen molar-refractivity contribution in [3.8, 4) is 5.75 Å². The number of furan rings is 1. The number of nitrogens with one attached hydrogen (secondary N) is 3. The summed E-state index contributed by atoms with van der Waals surface area (Å²) in [5, 5.41) is 9.53. The molecule has 1 aromatic carbocycles. The van der Waals surface area contributed by atoms with Crippen LogP contribution in [0.2, 0.25) is 5.02 Å². The van der Waals surface area contributed by atoms with Crippen molar-refractivity contribution in [3.05, 3.63) is 52.9 Å². The number of nitrogens with zero attached hydrogens (tertiary/aromatic N) is 1. The van der Waals surface area contributed by atoms with Gasteiger partial charge in [-0.25, -0.2) is 0 Å². The lowest BCUT2D eigenvalue weighted by Gasteiger charge is -2.12. The fourth-order valence-corrected chi connectivity index (χ4v) is 2.48. The Morgan fingerprint density at radius 2 is 2.07 bits per heavy atom. The van der Waals surface area contributed by atoms with E-state index in [1.807, 2.05) is 12.1 Å². The Morgan fingerprint density at radius 3 is 2.70 bits per heavy atom. The Balaban J connectivity index is 0.00000364. The number of amides is 1. The topological polar surface area (TPSA) is 87.9 Å². The first kappa shape index (κ1) is 23.1. The lowest BCUT2D eigenvalue weighted by atomic mass is 10.1. The van der Waals surface area contributed by atoms with E-state index in [2.05, 4.69) is 20.9 Å². The average molecular weight is 507 g/mol. The summed E-state index contributed by atoms with van der Waals surface area (Å²) in [6.07, 6.45) is 2.29. The summed E-state index contributed by atoms with van der Waals surface area (Å²) in [6.45, 7) is 1.10. The fraction of sp³-hybridized carbons (Fsp3) is 0.333. The van der Waals surface area contributed by atoms with Crippen LogP contribution < -0.4 is 20.7 Å². The van der Waals surface area contributed by atoms with E-state index in [4.69, 9.17) is 20.8 Å². The average Bonchev–Trinajstić information content (AvgIpc) is 3.17. The highest BCUT2D eigenvalue weighted by Gasteiger charge is 2.06. The zero-order valence-corrected chi connectivity index (χ0v) is 18.3. The molecule has 0 aliphatic carbocycles. The summed E-state index contributed by atoms with van der Waals surface area (Å²) in [4.78, 5) is 15.9. The standard InChI is InChI=1S/C18H23ClN4O3.HI/c1-20-18(23-12-17(24)22-11-15-4-3-9-26-15)21-8-7-13-5-6-14(25-2)10-16(13)19;/h3-6,9-10H,7-8,11-12H2,1-2H3,(H,22,24)(H2,20,21,23);1H. The Bertz CT molecular complexity index is 738. The first-order valence-corrected chi connectivity index (χ1v) is 8.56. The van der Waals surface area contributed by atoms with E-state index in [0.717, 1.165) is 11.3 Å². The van der Waals surface area contributed by atoms with Crippen LogP contribution >= 0.6 is 35.6 Å². The molecule has 148 valence electrons. The van der Waals surface area contributed by atoms with E-state index in [1.54, 1.807) is 38.6 Å². The van der Waals surface area contributed by atoms with Gasteiger partial charge < -0.3 is 25.1 Å². The molecule has 3 N–H and O–H groups in total. The number of halogens is 2. The SMILES string of the molecule is CN=C(NCCc1ccc(OC)cc1Cl)NCC(=O)NCc1ccco1.I. The molecule has 0 unspecified atom stereocenters. The van der Waals surface area contributed by atoms with Crippen molar-refractivity contribution in [1.29, 1.82) is 0 Å². The van der Waals surface area contributed by atoms with Gasteiger partial charge in [0.2, 0.25) is 5.91 Å². The smallest absolute Gasteiger partial charge is 0.239 e. The third-order valence-corrected chi connectivity index (χ3v) is 3.98. The van der Waals surface area contributed by atoms with Crippen LogP contribution in [0.15, 0.2) is 46.0 Å². The molecule has 0 spiro atoms. The van der Waals surface area contributed by atoms with Gasteiger partial charge in [0.15, 0.2) is 5.96 Å². The number of aliphatic imine (C=N–C) groups is 1. The number of benzene rings is 1. The molecule has 1 amide bonds. The van der Waals surface area contributed by atoms with Crippen LogP contribution in [0.25, 0.3) is 0 Å². The van der Waals surface area contributed by atoms with Crippen molar-refractivity contribution in [1.82, 2.24) is 16.0 Å². The lowest BCUT2D eigenvalue weighted by Crippen LogP contribution is -2.43. The first-order valence-electron chi connectivity index (χ1n) is 8.18. The fourth-order valence-electron chi connectivity index (χ4n) is 2.22. The minimum absolute atomic E-state index is 0. The molecule has 2 rings (SSSR count). The largest absolute Gasteiger partial charge is 0.497 e. The number of rotatable bonds is 8. The van der Waals surface area contributed by atoms with Gasteiger partial charge in [-0.2, -0.15) is 0 Å². The molecule has 0 aliphatic rings. The molecule has 0 saturated carbocycles. The molecular weight excluding hydrogens is 483 g/mol. The predicted molar refractivity (Wildman–Crippen MR) is 117 cm³/mol. The van der Waals surface area contributed by atoms with E-state index >= 15 is 0 Å². The molecule has 1 aromatic heterocycles. The van der Waals surface area contributed by atoms with Gasteiger partial charge in [0.05, 0.1) is 26.5 Å². The summed E-state index contributed by atoms with van der Waals surface area (Å²) in [5.41, 5.74) is 1.01. The summed E-state index contributed by atoms with van der Waals surface area (Å²) in [5.74, 6) is 1.83. The Labute approximate surface area is 180 Å². The molecule has 0 bridgehead atoms. The summed E-state index contributed by atoms with van der Waals surface area (Å²) in [7, 11) is 3.25. The van der Waals surface area contributed by atoms with Crippen LogP contribution in [0.1, 0.15) is 11.3 Å². The maximum absolute atomic E-state index is 11.8. The summed E-state index contributed by atoms with van der Waals surface area (Å²) >= 11 is 6.22. The van der Waals surface area contributed by atoms with Crippen molar-refractivity contribution in [3.63, 3.8) is 0 Å². The lowest BCUT2D eigenvalue weighted by molar-refractivity contribution is -0.120. The van der Waals surface area contributed by atoms with Crippen LogP contribution in [0, 0.1) is 0 Å². The van der Waals surface area contributed by atoms with Gasteiger partial charge in [0.1, 0.15) is 11.5 Å². The normalized spacial score (nSPS) is 10.7. The van der Waals surface area contributed by atoms with E-state index in [-0.39, 0.29) is 36.4 Å². The molecule has 0 radical (unpaired) electrons. The van der Waals surface area contributed by atoms with Crippen LogP contribution in [0.3, 0.4) is 0 Å². The Hall–Kier alpha value is -1.94. The number of methoxy groups -OCH3 is 1. The minimum atomic E-state index is -0.150. The zero-order chi connectivity index (χ0) is 18.8. The van der Waals surface area contributed by atoms with Crippen LogP contribution in [0.4, 0.5) is 0 Å². The van der Waals surface area contributed by atoms with Gasteiger partial charge in [-0.05, 0) is 36.2 Å². The van der Waals surface area contributed by atoms with Gasteiger partial charge in [-0.1, -0.05) is 17.7 Å². The Kier molecular flexibility index (Phi) is 10.6. The molecule has 7 nitrogen and oxygen atoms in total. The number of hydrogen-bond donors (Lipinski definition) is 3. The van der Waals surface area contributed by atoms with Gasteiger partial charge in [-0.3, -0.25) is 9.79 Å². The van der Waals surface area contributed by atoms with Crippen LogP contribution in [-0.4, -0.2) is 39.1 Å². The van der Waals surface area contributed by atoms with Gasteiger partial charge in [0.25, 0.3) is 0 Å². The molecule has 2 aromatic rings. The highest BCUT2D eigenvalue weighted by atomic mass is 127. The second-order valence-electron chi connectivity index (χ2n) is 5.42. The molecule has 9 heteroatoms. The highest BCUT2D eigenvalue weighted by Crippen LogP contribution is 2.22. The van der Waals surface area contributed by atoms with Crippen molar-refractivity contribution in [2.24, 2.45) is 4.99 Å². The maximum atomic E-state index is 11.8. The molecule has 0 atom stereocenters. The number of carbonyl (C=O) groups is 1. The second-order valence-corrected chi connectivity index (χ2v) is 5.82. The van der Waals surface area contributed by atoms with E-state index in [1.165, 1.54) is 0 Å². The van der Waals surface area contributed by atoms with Crippen LogP contribution in [0.5, 0.6) is 5.75 Å². The third-order valence-electron chi connectivity index (χ3n) is 3.63. The van der Waals surface area contributed by atoms with Crippen molar-refractivity contribution in [2.45, 2.75) is 13.0 Å². The highest BCUT2D eigenvalue weighted by molar-refractivity contribution is 14.0. The maximum Gasteiger partial charge on any atom is 0.239 e. The molecule has 0 fully saturated rings. The number of hydrogen-bond acceptors (Lipinski definition) is 4. The van der Waals surface area contributed by atoms with Crippen molar-refractivity contribution < 1.29 is 13.9 Å². The number of guanidine groups is 1. The quantitative estimate of drug-likeness (QED) is 0.291. The van der Waals surface area contributed by atoms with E-state index < -0.39 is 0 Å². The predicted octanol–water partition coefficient (Wildman–Crippen LogP) is 2.58. The van der Waals surface area contributed by atoms with Crippen molar-refractivity contribution >= 4 is 47.4 Å². The Morgan fingerprint density at radius 1 is 1.26 bits per heavy atom. The van der Waals surface area contributed by atoms with Gasteiger partial charge >= 0.3 is 0 Å². The molecular formula is C18H24ClIN4O3. The number of ether oxygens (including phenoxy) is 1. The van der Waals surface area contributed by atoms with Crippen LogP contribution in [-0.2, 0) is 17.8 Å². The zero-order valence-electron chi connectivity index (χ0n) is 15.3. The number of carbonyl (C=O) groups excluding carboxylic acids is 1. The monoisotopic (exact) mass is 506 g/mol. The molecule has 27 heavy (non-hydrogen) atoms. The summed E-state index contributed by atoms with van der Waals surface area (Å²) in [6, 6.07) is 9.17. The minimum Gasteiger partial charge on any atom is -0.497 e. The molecule has 0 saturated heterocycles. The van der Waals surface area contributed by atoms with E-state index in [9.17, 15) is 4.79 Å². The van der Waals surface area contributed by atoms with Gasteiger partial charge in [-0.15, -0.1) is 24.0 Å². The molecule has 1 heterocycles. The first-order chi connectivity index (χ1) is 12.6. The molecule has 0 aliphatic heterocycles. The van der Waals surface area contributed by atoms with Gasteiger partial charge in [0, 0.05) is 18.6 Å². The third kappa shape index (κ3) is 8.08. The second kappa shape index (κ2) is 12.4. The van der Waals surface area contributed by atoms with E-state index in [0.29, 0.717) is 36.3 Å². The summed E-state index contributed by atoms with van der Waals surface area (Å²) < 4.78 is 10.3.